The molecule has 6 atom stereocenters. The van der Waals surface area contributed by atoms with Crippen LogP contribution in [0.25, 0.3) is 11.1 Å². The highest BCUT2D eigenvalue weighted by Gasteiger charge is 2.69. The van der Waals surface area contributed by atoms with E-state index in [1.54, 1.807) is 44.4 Å². The molecule has 192 valence electrons. The first-order chi connectivity index (χ1) is 17.4. The zero-order valence-corrected chi connectivity index (χ0v) is 20.3. The van der Waals surface area contributed by atoms with E-state index in [0.717, 1.165) is 5.56 Å². The van der Waals surface area contributed by atoms with Crippen molar-refractivity contribution in [2.75, 3.05) is 19.8 Å². The lowest BCUT2D eigenvalue weighted by Gasteiger charge is -2.52. The van der Waals surface area contributed by atoms with Crippen molar-refractivity contribution in [1.82, 2.24) is 4.90 Å². The van der Waals surface area contributed by atoms with E-state index in [-0.39, 0.29) is 24.2 Å². The highest BCUT2D eigenvalue weighted by molar-refractivity contribution is 6.32. The molecular formula is C27H27N3O7. The van der Waals surface area contributed by atoms with Crippen molar-refractivity contribution < 1.29 is 34.2 Å². The minimum absolute atomic E-state index is 0.000723. The first-order valence-electron chi connectivity index (χ1n) is 11.9. The average Bonchev–Trinajstić information content (AvgIpc) is 2.82. The van der Waals surface area contributed by atoms with Crippen molar-refractivity contribution >= 4 is 34.7 Å². The summed E-state index contributed by atoms with van der Waals surface area (Å²) < 4.78 is 0. The largest absolute Gasteiger partial charge is 0.507 e. The fraction of sp³-hybridized carbons (Fsp3) is 0.370. The minimum Gasteiger partial charge on any atom is -0.507 e. The maximum absolute atomic E-state index is 13.8. The molecule has 0 heterocycles. The van der Waals surface area contributed by atoms with Crippen LogP contribution < -0.4 is 11.5 Å². The Bertz CT molecular complexity index is 1380. The van der Waals surface area contributed by atoms with Crippen LogP contribution in [0.2, 0.25) is 0 Å². The quantitative estimate of drug-likeness (QED) is 0.333. The number of primary amides is 1. The number of phenols is 1. The summed E-state index contributed by atoms with van der Waals surface area (Å²) >= 11 is 0. The Morgan fingerprint density at radius 2 is 1.68 bits per heavy atom. The van der Waals surface area contributed by atoms with Gasteiger partial charge in [0.1, 0.15) is 5.75 Å². The fourth-order valence-electron chi connectivity index (χ4n) is 6.54. The van der Waals surface area contributed by atoms with Gasteiger partial charge in [0.15, 0.2) is 34.7 Å². The third kappa shape index (κ3) is 3.36. The number of amides is 1. The van der Waals surface area contributed by atoms with E-state index < -0.39 is 64.4 Å². The van der Waals surface area contributed by atoms with Gasteiger partial charge in [0.25, 0.3) is 0 Å². The van der Waals surface area contributed by atoms with Gasteiger partial charge in [-0.3, -0.25) is 28.9 Å². The van der Waals surface area contributed by atoms with Crippen molar-refractivity contribution in [3.63, 3.8) is 0 Å². The van der Waals surface area contributed by atoms with Crippen molar-refractivity contribution in [2.45, 2.75) is 24.5 Å². The topological polar surface area (TPSA) is 181 Å². The van der Waals surface area contributed by atoms with Crippen LogP contribution in [0.1, 0.15) is 22.3 Å². The third-order valence-corrected chi connectivity index (χ3v) is 8.17. The monoisotopic (exact) mass is 505 g/mol. The van der Waals surface area contributed by atoms with Crippen LogP contribution in [0.4, 0.5) is 5.69 Å². The van der Waals surface area contributed by atoms with E-state index in [9.17, 15) is 34.2 Å². The zero-order chi connectivity index (χ0) is 27.0. The average molecular weight is 506 g/mol. The number of hydrogen-bond donors (Lipinski definition) is 4. The molecule has 5 rings (SSSR count). The summed E-state index contributed by atoms with van der Waals surface area (Å²) in [7, 11) is 3.10. The molecule has 0 bridgehead atoms. The second-order valence-corrected chi connectivity index (χ2v) is 10.4. The normalized spacial score (nSPS) is 31.1. The van der Waals surface area contributed by atoms with Crippen LogP contribution in [-0.2, 0) is 25.6 Å². The first-order valence-corrected chi connectivity index (χ1v) is 11.9. The highest BCUT2D eigenvalue weighted by Crippen LogP contribution is 2.51. The van der Waals surface area contributed by atoms with Gasteiger partial charge in [0, 0.05) is 11.6 Å². The second kappa shape index (κ2) is 8.32. The molecule has 2 saturated carbocycles. The predicted octanol–water partition coefficient (Wildman–Crippen LogP) is 0.116. The lowest BCUT2D eigenvalue weighted by Crippen LogP contribution is -2.74. The van der Waals surface area contributed by atoms with E-state index in [2.05, 4.69) is 0 Å². The van der Waals surface area contributed by atoms with Crippen LogP contribution >= 0.6 is 0 Å². The minimum atomic E-state index is -2.74. The summed E-state index contributed by atoms with van der Waals surface area (Å²) in [4.78, 5) is 67.5. The number of fused-ring (bicyclic) bond motifs is 3. The van der Waals surface area contributed by atoms with Crippen LogP contribution in [0.15, 0.2) is 36.4 Å². The smallest absolute Gasteiger partial charge is 0.235 e. The fourth-order valence-corrected chi connectivity index (χ4v) is 6.54. The van der Waals surface area contributed by atoms with E-state index in [1.165, 1.54) is 11.0 Å². The lowest BCUT2D eigenvalue weighted by molar-refractivity contribution is -0.181. The molecule has 10 nitrogen and oxygen atoms in total. The van der Waals surface area contributed by atoms with Gasteiger partial charge in [-0.05, 0) is 67.7 Å². The molecule has 3 aliphatic carbocycles. The zero-order valence-electron chi connectivity index (χ0n) is 20.3. The molecule has 2 aromatic rings. The first kappa shape index (κ1) is 24.8. The van der Waals surface area contributed by atoms with Gasteiger partial charge in [0.05, 0.1) is 17.5 Å². The number of nitrogen functional groups attached to an aromatic ring is 1. The van der Waals surface area contributed by atoms with Crippen LogP contribution in [0, 0.1) is 23.7 Å². The van der Waals surface area contributed by atoms with Gasteiger partial charge in [-0.2, -0.15) is 0 Å². The molecule has 10 heteroatoms. The van der Waals surface area contributed by atoms with Crippen LogP contribution in [0.5, 0.6) is 5.75 Å². The maximum atomic E-state index is 13.8. The van der Waals surface area contributed by atoms with Gasteiger partial charge in [-0.1, -0.05) is 18.2 Å². The summed E-state index contributed by atoms with van der Waals surface area (Å²) in [5.41, 5.74) is 10.9. The van der Waals surface area contributed by atoms with Gasteiger partial charge in [-0.15, -0.1) is 0 Å². The number of benzene rings is 2. The Morgan fingerprint density at radius 1 is 1.03 bits per heavy atom. The number of likely N-dealkylation sites (N-methyl/N-ethyl adjacent to an activating group) is 1. The number of nitrogens with zero attached hydrogens (tertiary/aromatic N) is 1. The van der Waals surface area contributed by atoms with Gasteiger partial charge >= 0.3 is 0 Å². The lowest BCUT2D eigenvalue weighted by atomic mass is 9.52. The highest BCUT2D eigenvalue weighted by atomic mass is 16.3. The molecule has 0 aromatic heterocycles. The third-order valence-electron chi connectivity index (χ3n) is 8.17. The molecule has 3 aliphatic rings. The molecule has 2 unspecified atom stereocenters. The standard InChI is InChI=1S/C27H27N3O7/c1-30(2)21-16-10-12-9-15-14(11-3-5-13(28)6-4-11)7-8-17(31)19(15)22(32)18(12)24(34)27(16,37)25(35)20(23(21)33)26(29)36/h3-8,12,16,18,20-21,31,37H,9-10,28H2,1-2H3,(H2,29,36)/t12-,16-,18?,20?,21-,27-/m1/s1. The summed E-state index contributed by atoms with van der Waals surface area (Å²) in [5.74, 6) is -10.6. The Labute approximate surface area is 212 Å². The Morgan fingerprint density at radius 3 is 2.27 bits per heavy atom. The molecule has 2 aromatic carbocycles. The molecule has 0 aliphatic heterocycles. The number of ketones is 4. The molecule has 0 radical (unpaired) electrons. The summed E-state index contributed by atoms with van der Waals surface area (Å²) in [6, 6.07) is 8.90. The summed E-state index contributed by atoms with van der Waals surface area (Å²) in [6.45, 7) is 0. The molecule has 0 spiro atoms. The number of anilines is 1. The van der Waals surface area contributed by atoms with Gasteiger partial charge in [0.2, 0.25) is 5.91 Å². The number of carbonyl (C=O) groups excluding carboxylic acids is 5. The van der Waals surface area contributed by atoms with Crippen molar-refractivity contribution in [3.8, 4) is 16.9 Å². The second-order valence-electron chi connectivity index (χ2n) is 10.4. The SMILES string of the molecule is CN(C)[C@H]1C(=O)C(C(N)=O)C(=O)[C@]2(O)C(=O)C3C(=O)c4c(O)ccc(-c5ccc(N)cc5)c4C[C@@H]3C[C@H]12. The van der Waals surface area contributed by atoms with Gasteiger partial charge in [-0.25, -0.2) is 0 Å². The molecule has 2 fully saturated rings. The molecule has 1 amide bonds. The van der Waals surface area contributed by atoms with E-state index in [1.807, 2.05) is 0 Å². The molecule has 6 N–H and O–H groups in total. The Balaban J connectivity index is 1.66. The number of nitrogens with two attached hydrogens (primary N) is 2. The van der Waals surface area contributed by atoms with E-state index in [0.29, 0.717) is 16.8 Å². The van der Waals surface area contributed by atoms with Crippen molar-refractivity contribution in [3.05, 3.63) is 47.5 Å². The Hall–Kier alpha value is -3.89. The summed E-state index contributed by atoms with van der Waals surface area (Å²) in [6.07, 6.45) is 0.195. The predicted molar refractivity (Wildman–Crippen MR) is 131 cm³/mol. The molecule has 37 heavy (non-hydrogen) atoms. The number of Topliss-reactive ketones (excluding diaryl/α,β-unsaturated/α-hetero) is 4. The van der Waals surface area contributed by atoms with Crippen molar-refractivity contribution in [1.29, 1.82) is 0 Å². The van der Waals surface area contributed by atoms with Crippen molar-refractivity contribution in [2.24, 2.45) is 29.4 Å². The number of aromatic hydroxyl groups is 1. The number of aliphatic hydroxyl groups is 1. The maximum Gasteiger partial charge on any atom is 0.235 e. The number of rotatable bonds is 3. The molecular weight excluding hydrogens is 478 g/mol. The van der Waals surface area contributed by atoms with Crippen LogP contribution in [-0.4, -0.2) is 69.9 Å². The van der Waals surface area contributed by atoms with Crippen LogP contribution in [0.3, 0.4) is 0 Å². The number of hydrogen-bond acceptors (Lipinski definition) is 9. The Kier molecular flexibility index (Phi) is 5.58. The van der Waals surface area contributed by atoms with E-state index in [4.69, 9.17) is 11.5 Å². The molecule has 0 saturated heterocycles. The number of phenolic OH excluding ortho intramolecular Hbond substituents is 1. The number of carbonyl (C=O) groups is 5. The van der Waals surface area contributed by atoms with Gasteiger partial charge < -0.3 is 21.7 Å². The summed E-state index contributed by atoms with van der Waals surface area (Å²) in [5, 5.41) is 22.2. The van der Waals surface area contributed by atoms with E-state index >= 15 is 0 Å².